The minimum absolute atomic E-state index is 0.913. The predicted octanol–water partition coefficient (Wildman–Crippen LogP) is 7.51. The summed E-state index contributed by atoms with van der Waals surface area (Å²) in [6.07, 6.45) is 0. The van der Waals surface area contributed by atoms with Gasteiger partial charge in [0, 0.05) is 5.56 Å². The molecule has 2 nitrogen and oxygen atoms in total. The van der Waals surface area contributed by atoms with Gasteiger partial charge in [-0.15, -0.1) is 0 Å². The van der Waals surface area contributed by atoms with E-state index in [0.29, 0.717) is 0 Å². The molecule has 0 bridgehead atoms. The molecule has 0 aliphatic carbocycles. The van der Waals surface area contributed by atoms with Crippen LogP contribution in [0.3, 0.4) is 0 Å². The normalized spacial score (nSPS) is 11.5. The first-order chi connectivity index (χ1) is 14.8. The second-order valence-electron chi connectivity index (χ2n) is 7.82. The van der Waals surface area contributed by atoms with Gasteiger partial charge in [-0.2, -0.15) is 0 Å². The molecule has 0 aliphatic heterocycles. The van der Waals surface area contributed by atoms with Crippen LogP contribution < -0.4 is 0 Å². The Bertz CT molecular complexity index is 1550. The van der Waals surface area contributed by atoms with Crippen LogP contribution in [-0.4, -0.2) is 9.97 Å². The summed E-state index contributed by atoms with van der Waals surface area (Å²) in [5, 5.41) is 4.97. The Labute approximate surface area is 174 Å². The Morgan fingerprint density at radius 3 is 1.93 bits per heavy atom. The van der Waals surface area contributed by atoms with Crippen LogP contribution in [0.4, 0.5) is 0 Å². The molecule has 6 rings (SSSR count). The number of aromatic nitrogens is 2. The number of nitrogens with one attached hydrogen (secondary N) is 1. The number of hydrogen-bond donors (Lipinski definition) is 1. The lowest BCUT2D eigenvalue weighted by Crippen LogP contribution is -1.86. The summed E-state index contributed by atoms with van der Waals surface area (Å²) in [5.74, 6) is 0.913. The van der Waals surface area contributed by atoms with Gasteiger partial charge in [0.15, 0.2) is 0 Å². The summed E-state index contributed by atoms with van der Waals surface area (Å²) in [6, 6.07) is 34.3. The lowest BCUT2D eigenvalue weighted by Gasteiger charge is -2.10. The molecule has 0 saturated carbocycles. The van der Waals surface area contributed by atoms with E-state index in [2.05, 4.69) is 109 Å². The van der Waals surface area contributed by atoms with Crippen LogP contribution >= 0.6 is 0 Å². The monoisotopic (exact) mass is 384 g/mol. The van der Waals surface area contributed by atoms with Crippen molar-refractivity contribution in [2.45, 2.75) is 6.92 Å². The van der Waals surface area contributed by atoms with E-state index in [0.717, 1.165) is 22.4 Å². The highest BCUT2D eigenvalue weighted by molar-refractivity contribution is 6.00. The second kappa shape index (κ2) is 6.57. The number of hydrogen-bond acceptors (Lipinski definition) is 1. The molecule has 2 heteroatoms. The van der Waals surface area contributed by atoms with Gasteiger partial charge in [0.05, 0.1) is 11.0 Å². The van der Waals surface area contributed by atoms with Gasteiger partial charge in [-0.1, -0.05) is 84.9 Å². The maximum absolute atomic E-state index is 4.98. The van der Waals surface area contributed by atoms with Crippen LogP contribution in [-0.2, 0) is 0 Å². The summed E-state index contributed by atoms with van der Waals surface area (Å²) in [5.41, 5.74) is 6.92. The maximum atomic E-state index is 4.98. The fourth-order valence-electron chi connectivity index (χ4n) is 4.47. The summed E-state index contributed by atoms with van der Waals surface area (Å²) >= 11 is 0. The zero-order valence-electron chi connectivity index (χ0n) is 16.7. The van der Waals surface area contributed by atoms with Gasteiger partial charge in [0.1, 0.15) is 5.82 Å². The molecule has 1 N–H and O–H groups in total. The van der Waals surface area contributed by atoms with Crippen molar-refractivity contribution in [1.82, 2.24) is 9.97 Å². The number of imidazole rings is 1. The summed E-state index contributed by atoms with van der Waals surface area (Å²) in [4.78, 5) is 8.53. The zero-order chi connectivity index (χ0) is 20.1. The van der Waals surface area contributed by atoms with Crippen molar-refractivity contribution in [3.05, 3.63) is 103 Å². The van der Waals surface area contributed by atoms with Gasteiger partial charge in [0.25, 0.3) is 0 Å². The van der Waals surface area contributed by atoms with E-state index in [4.69, 9.17) is 4.98 Å². The Morgan fingerprint density at radius 1 is 0.600 bits per heavy atom. The zero-order valence-corrected chi connectivity index (χ0v) is 16.7. The van der Waals surface area contributed by atoms with Crippen molar-refractivity contribution >= 4 is 32.6 Å². The van der Waals surface area contributed by atoms with Gasteiger partial charge in [-0.3, -0.25) is 0 Å². The molecule has 6 aromatic rings. The Morgan fingerprint density at radius 2 is 1.20 bits per heavy atom. The molecule has 0 amide bonds. The lowest BCUT2D eigenvalue weighted by atomic mass is 9.95. The van der Waals surface area contributed by atoms with E-state index >= 15 is 0 Å². The molecule has 0 atom stereocenters. The van der Waals surface area contributed by atoms with Crippen molar-refractivity contribution in [2.75, 3.05) is 0 Å². The van der Waals surface area contributed by atoms with Crippen LogP contribution in [0, 0.1) is 6.92 Å². The van der Waals surface area contributed by atoms with Gasteiger partial charge in [-0.25, -0.2) is 4.98 Å². The van der Waals surface area contributed by atoms with E-state index in [-0.39, 0.29) is 0 Å². The van der Waals surface area contributed by atoms with Crippen molar-refractivity contribution in [2.24, 2.45) is 0 Å². The van der Waals surface area contributed by atoms with E-state index in [1.54, 1.807) is 0 Å². The summed E-state index contributed by atoms with van der Waals surface area (Å²) in [7, 11) is 0. The van der Waals surface area contributed by atoms with Crippen LogP contribution in [0.2, 0.25) is 0 Å². The SMILES string of the molecule is Cc1cc2[nH]c(-c3cccc4ccccc34)nc2cc1-c1cccc2ccccc12. The lowest BCUT2D eigenvalue weighted by molar-refractivity contribution is 1.35. The predicted molar refractivity (Wildman–Crippen MR) is 127 cm³/mol. The third kappa shape index (κ3) is 2.61. The topological polar surface area (TPSA) is 28.7 Å². The molecule has 0 spiro atoms. The van der Waals surface area contributed by atoms with Gasteiger partial charge in [-0.05, 0) is 57.3 Å². The van der Waals surface area contributed by atoms with Crippen LogP contribution in [0.25, 0.3) is 55.1 Å². The minimum Gasteiger partial charge on any atom is -0.338 e. The largest absolute Gasteiger partial charge is 0.338 e. The number of rotatable bonds is 2. The van der Waals surface area contributed by atoms with E-state index < -0.39 is 0 Å². The number of aromatic amines is 1. The molecular weight excluding hydrogens is 364 g/mol. The number of H-pyrrole nitrogens is 1. The first kappa shape index (κ1) is 17.0. The van der Waals surface area contributed by atoms with Gasteiger partial charge in [0.2, 0.25) is 0 Å². The highest BCUT2D eigenvalue weighted by Gasteiger charge is 2.13. The van der Waals surface area contributed by atoms with E-state index in [9.17, 15) is 0 Å². The van der Waals surface area contributed by atoms with Crippen molar-refractivity contribution in [1.29, 1.82) is 0 Å². The standard InChI is InChI=1S/C28H20N2/c1-18-16-26-27(17-25(18)23-14-6-10-19-8-2-4-12-21(19)23)30-28(29-26)24-15-7-11-20-9-3-5-13-22(20)24/h2-17H,1H3,(H,29,30). The number of nitrogens with zero attached hydrogens (tertiary/aromatic N) is 1. The average Bonchev–Trinajstić information content (AvgIpc) is 3.20. The smallest absolute Gasteiger partial charge is 0.139 e. The van der Waals surface area contributed by atoms with Crippen LogP contribution in [0.5, 0.6) is 0 Å². The molecule has 0 radical (unpaired) electrons. The number of fused-ring (bicyclic) bond motifs is 3. The fourth-order valence-corrected chi connectivity index (χ4v) is 4.47. The second-order valence-corrected chi connectivity index (χ2v) is 7.82. The first-order valence-electron chi connectivity index (χ1n) is 10.2. The van der Waals surface area contributed by atoms with Gasteiger partial charge >= 0.3 is 0 Å². The van der Waals surface area contributed by atoms with Crippen molar-refractivity contribution in [3.8, 4) is 22.5 Å². The molecular formula is C28H20N2. The Hall–Kier alpha value is -3.91. The quantitative estimate of drug-likeness (QED) is 0.329. The van der Waals surface area contributed by atoms with Crippen molar-refractivity contribution < 1.29 is 0 Å². The maximum Gasteiger partial charge on any atom is 0.139 e. The highest BCUT2D eigenvalue weighted by Crippen LogP contribution is 2.34. The summed E-state index contributed by atoms with van der Waals surface area (Å²) < 4.78 is 0. The van der Waals surface area contributed by atoms with Crippen LogP contribution in [0.1, 0.15) is 5.56 Å². The molecule has 5 aromatic carbocycles. The summed E-state index contributed by atoms with van der Waals surface area (Å²) in [6.45, 7) is 2.18. The molecule has 0 saturated heterocycles. The molecule has 1 aromatic heterocycles. The Kier molecular flexibility index (Phi) is 3.72. The minimum atomic E-state index is 0.913. The molecule has 0 unspecified atom stereocenters. The molecule has 1 heterocycles. The third-order valence-electron chi connectivity index (χ3n) is 5.95. The highest BCUT2D eigenvalue weighted by atomic mass is 14.9. The van der Waals surface area contributed by atoms with E-state index in [1.165, 1.54) is 38.2 Å². The number of aryl methyl sites for hydroxylation is 1. The number of benzene rings is 5. The molecule has 0 fully saturated rings. The average molecular weight is 384 g/mol. The van der Waals surface area contributed by atoms with Crippen LogP contribution in [0.15, 0.2) is 97.1 Å². The molecule has 0 aliphatic rings. The fraction of sp³-hybridized carbons (Fsp3) is 0.0357. The van der Waals surface area contributed by atoms with Crippen molar-refractivity contribution in [3.63, 3.8) is 0 Å². The van der Waals surface area contributed by atoms with E-state index in [1.807, 2.05) is 0 Å². The first-order valence-corrected chi connectivity index (χ1v) is 10.2. The Balaban J connectivity index is 1.57. The third-order valence-corrected chi connectivity index (χ3v) is 5.95. The van der Waals surface area contributed by atoms with Gasteiger partial charge < -0.3 is 4.98 Å². The molecule has 30 heavy (non-hydrogen) atoms. The molecule has 142 valence electrons.